The Morgan fingerprint density at radius 1 is 1.57 bits per heavy atom. The average molecular weight is 197 g/mol. The topological polar surface area (TPSA) is 46.6 Å². The molecule has 0 aromatic rings. The van der Waals surface area contributed by atoms with Gasteiger partial charge in [0.05, 0.1) is 6.04 Å². The van der Waals surface area contributed by atoms with Crippen LogP contribution in [0, 0.1) is 0 Å². The quantitative estimate of drug-likeness (QED) is 0.601. The van der Waals surface area contributed by atoms with Crippen molar-refractivity contribution in [2.75, 3.05) is 0 Å². The van der Waals surface area contributed by atoms with Crippen molar-refractivity contribution in [3.63, 3.8) is 0 Å². The maximum absolute atomic E-state index is 11.5. The number of amides is 1. The minimum absolute atomic E-state index is 0.398. The molecule has 0 saturated carbocycles. The molecule has 0 saturated heterocycles. The number of ether oxygens (including phenoxy) is 1. The Balaban J connectivity index is 2.60. The fraction of sp³-hybridized carbons (Fsp3) is 0.600. The van der Waals surface area contributed by atoms with E-state index in [1.54, 1.807) is 33.0 Å². The lowest BCUT2D eigenvalue weighted by atomic mass is 10.2. The summed E-state index contributed by atoms with van der Waals surface area (Å²) >= 11 is 0. The minimum atomic E-state index is -0.527. The molecule has 0 aromatic carbocycles. The maximum atomic E-state index is 11.5. The van der Waals surface area contributed by atoms with Gasteiger partial charge in [-0.25, -0.2) is 4.79 Å². The van der Waals surface area contributed by atoms with E-state index in [9.17, 15) is 9.59 Å². The predicted molar refractivity (Wildman–Crippen MR) is 51.7 cm³/mol. The molecule has 0 aromatic heterocycles. The molecule has 1 aliphatic heterocycles. The van der Waals surface area contributed by atoms with Crippen molar-refractivity contribution in [2.24, 2.45) is 0 Å². The predicted octanol–water partition coefficient (Wildman–Crippen LogP) is 1.71. The molecule has 14 heavy (non-hydrogen) atoms. The summed E-state index contributed by atoms with van der Waals surface area (Å²) in [6.07, 6.45) is 4.23. The van der Waals surface area contributed by atoms with Gasteiger partial charge in [-0.2, -0.15) is 0 Å². The highest BCUT2D eigenvalue weighted by atomic mass is 16.6. The molecule has 1 rings (SSSR count). The summed E-state index contributed by atoms with van der Waals surface area (Å²) in [4.78, 5) is 23.4. The third kappa shape index (κ3) is 2.58. The Kier molecular flexibility index (Phi) is 2.93. The van der Waals surface area contributed by atoms with Crippen LogP contribution in [0.4, 0.5) is 4.79 Å². The van der Waals surface area contributed by atoms with Crippen molar-refractivity contribution in [1.29, 1.82) is 0 Å². The molecule has 78 valence electrons. The minimum Gasteiger partial charge on any atom is -0.443 e. The standard InChI is InChI=1S/C10H15NO3/c1-10(2,3)14-9(13)11-6-4-5-8(11)7-12/h4,6-8H,5H2,1-3H3/t8-/m0/s1. The fourth-order valence-electron chi connectivity index (χ4n) is 1.17. The van der Waals surface area contributed by atoms with Crippen molar-refractivity contribution in [3.8, 4) is 0 Å². The first-order valence-corrected chi connectivity index (χ1v) is 4.57. The zero-order valence-electron chi connectivity index (χ0n) is 8.69. The molecule has 0 bridgehead atoms. The molecule has 1 heterocycles. The van der Waals surface area contributed by atoms with Crippen molar-refractivity contribution >= 4 is 12.4 Å². The zero-order chi connectivity index (χ0) is 10.8. The molecule has 0 aliphatic carbocycles. The summed E-state index contributed by atoms with van der Waals surface area (Å²) < 4.78 is 5.13. The van der Waals surface area contributed by atoms with Crippen molar-refractivity contribution in [3.05, 3.63) is 12.3 Å². The van der Waals surface area contributed by atoms with Gasteiger partial charge >= 0.3 is 6.09 Å². The number of nitrogens with zero attached hydrogens (tertiary/aromatic N) is 1. The van der Waals surface area contributed by atoms with Crippen molar-refractivity contribution in [1.82, 2.24) is 4.90 Å². The van der Waals surface area contributed by atoms with Crippen LogP contribution in [0.5, 0.6) is 0 Å². The van der Waals surface area contributed by atoms with Gasteiger partial charge in [0.2, 0.25) is 0 Å². The Bertz CT molecular complexity index is 265. The smallest absolute Gasteiger partial charge is 0.414 e. The first-order valence-electron chi connectivity index (χ1n) is 4.57. The van der Waals surface area contributed by atoms with E-state index in [2.05, 4.69) is 0 Å². The third-order valence-corrected chi connectivity index (χ3v) is 1.76. The van der Waals surface area contributed by atoms with Crippen LogP contribution in [0.1, 0.15) is 27.2 Å². The Morgan fingerprint density at radius 3 is 2.71 bits per heavy atom. The highest BCUT2D eigenvalue weighted by Gasteiger charge is 2.28. The first kappa shape index (κ1) is 10.8. The highest BCUT2D eigenvalue weighted by molar-refractivity contribution is 5.76. The first-order chi connectivity index (χ1) is 6.44. The summed E-state index contributed by atoms with van der Waals surface area (Å²) in [5.74, 6) is 0. The number of hydrogen-bond donors (Lipinski definition) is 0. The molecule has 1 atom stereocenters. The lowest BCUT2D eigenvalue weighted by Crippen LogP contribution is -2.38. The number of carbonyl (C=O) groups is 2. The highest BCUT2D eigenvalue weighted by Crippen LogP contribution is 2.17. The zero-order valence-corrected chi connectivity index (χ0v) is 8.69. The number of aldehydes is 1. The second kappa shape index (κ2) is 3.82. The van der Waals surface area contributed by atoms with Gasteiger partial charge in [-0.15, -0.1) is 0 Å². The van der Waals surface area contributed by atoms with Crippen LogP contribution in [-0.2, 0) is 9.53 Å². The Labute approximate surface area is 83.5 Å². The molecule has 4 nitrogen and oxygen atoms in total. The fourth-order valence-corrected chi connectivity index (χ4v) is 1.17. The molecule has 0 fully saturated rings. The molecular formula is C10H15NO3. The van der Waals surface area contributed by atoms with E-state index in [0.29, 0.717) is 6.42 Å². The largest absolute Gasteiger partial charge is 0.443 e. The van der Waals surface area contributed by atoms with E-state index < -0.39 is 17.7 Å². The van der Waals surface area contributed by atoms with Gasteiger partial charge in [-0.05, 0) is 27.2 Å². The van der Waals surface area contributed by atoms with Crippen LogP contribution in [-0.4, -0.2) is 28.9 Å². The van der Waals surface area contributed by atoms with Gasteiger partial charge in [0.25, 0.3) is 0 Å². The summed E-state index contributed by atoms with van der Waals surface area (Å²) in [7, 11) is 0. The molecule has 4 heteroatoms. The molecule has 1 aliphatic rings. The molecule has 0 unspecified atom stereocenters. The third-order valence-electron chi connectivity index (χ3n) is 1.76. The second-order valence-electron chi connectivity index (χ2n) is 4.21. The summed E-state index contributed by atoms with van der Waals surface area (Å²) in [6.45, 7) is 5.38. The van der Waals surface area contributed by atoms with Gasteiger partial charge in [0.1, 0.15) is 11.9 Å². The van der Waals surface area contributed by atoms with Crippen LogP contribution in [0.3, 0.4) is 0 Å². The number of carbonyl (C=O) groups excluding carboxylic acids is 2. The number of rotatable bonds is 1. The Hall–Kier alpha value is -1.32. The monoisotopic (exact) mass is 197 g/mol. The van der Waals surface area contributed by atoms with Gasteiger partial charge in [0.15, 0.2) is 0 Å². The molecule has 0 spiro atoms. The van der Waals surface area contributed by atoms with E-state index in [-0.39, 0.29) is 0 Å². The summed E-state index contributed by atoms with van der Waals surface area (Å²) in [6, 6.07) is -0.398. The van der Waals surface area contributed by atoms with Crippen LogP contribution in [0.15, 0.2) is 12.3 Å². The van der Waals surface area contributed by atoms with E-state index in [0.717, 1.165) is 6.29 Å². The van der Waals surface area contributed by atoms with Crippen LogP contribution < -0.4 is 0 Å². The molecule has 1 amide bonds. The molecule has 0 N–H and O–H groups in total. The van der Waals surface area contributed by atoms with Gasteiger partial charge in [-0.1, -0.05) is 6.08 Å². The average Bonchev–Trinajstić information content (AvgIpc) is 2.47. The SMILES string of the molecule is CC(C)(C)OC(=O)N1C=CC[C@H]1C=O. The van der Waals surface area contributed by atoms with E-state index >= 15 is 0 Å². The van der Waals surface area contributed by atoms with E-state index in [1.165, 1.54) is 4.90 Å². The van der Waals surface area contributed by atoms with Gasteiger partial charge in [-0.3, -0.25) is 4.90 Å². The van der Waals surface area contributed by atoms with Crippen LogP contribution >= 0.6 is 0 Å². The lowest BCUT2D eigenvalue weighted by Gasteiger charge is -2.25. The van der Waals surface area contributed by atoms with Gasteiger partial charge < -0.3 is 9.53 Å². The maximum Gasteiger partial charge on any atom is 0.414 e. The van der Waals surface area contributed by atoms with Crippen LogP contribution in [0.2, 0.25) is 0 Å². The van der Waals surface area contributed by atoms with Crippen molar-refractivity contribution < 1.29 is 14.3 Å². The van der Waals surface area contributed by atoms with E-state index in [1.807, 2.05) is 0 Å². The molecule has 0 radical (unpaired) electrons. The summed E-state index contributed by atoms with van der Waals surface area (Å²) in [5.41, 5.74) is -0.527. The van der Waals surface area contributed by atoms with Crippen molar-refractivity contribution in [2.45, 2.75) is 38.8 Å². The lowest BCUT2D eigenvalue weighted by molar-refractivity contribution is -0.111. The molecular weight excluding hydrogens is 182 g/mol. The van der Waals surface area contributed by atoms with Gasteiger partial charge in [0, 0.05) is 6.20 Å². The Morgan fingerprint density at radius 2 is 2.21 bits per heavy atom. The second-order valence-corrected chi connectivity index (χ2v) is 4.21. The van der Waals surface area contributed by atoms with Crippen LogP contribution in [0.25, 0.3) is 0 Å². The van der Waals surface area contributed by atoms with E-state index in [4.69, 9.17) is 4.74 Å². The number of hydrogen-bond acceptors (Lipinski definition) is 3. The summed E-state index contributed by atoms with van der Waals surface area (Å²) in [5, 5.41) is 0. The normalized spacial score (nSPS) is 21.1.